The first-order valence-corrected chi connectivity index (χ1v) is 6.94. The minimum Gasteiger partial charge on any atom is -0.0843 e. The van der Waals surface area contributed by atoms with Crippen LogP contribution >= 0.6 is 31.1 Å². The van der Waals surface area contributed by atoms with Crippen molar-refractivity contribution >= 4 is 36.4 Å². The third-order valence-electron chi connectivity index (χ3n) is 2.36. The molecule has 0 radical (unpaired) electrons. The van der Waals surface area contributed by atoms with Crippen molar-refractivity contribution in [3.05, 3.63) is 28.2 Å². The molecule has 1 fully saturated rings. The minimum absolute atomic E-state index is 0.0360. The molecule has 1 aliphatic heterocycles. The summed E-state index contributed by atoms with van der Waals surface area (Å²) in [4.78, 5) is 0. The van der Waals surface area contributed by atoms with Crippen molar-refractivity contribution in [1.82, 2.24) is 0 Å². The second-order valence-electron chi connectivity index (χ2n) is 3.29. The molecule has 0 saturated carbocycles. The van der Waals surface area contributed by atoms with Gasteiger partial charge < -0.3 is 0 Å². The van der Waals surface area contributed by atoms with E-state index in [0.29, 0.717) is 0 Å². The zero-order valence-electron chi connectivity index (χ0n) is 7.26. The van der Waals surface area contributed by atoms with Gasteiger partial charge in [-0.2, -0.15) is 0 Å². The molecule has 1 saturated heterocycles. The molecular weight excluding hydrogens is 222 g/mol. The van der Waals surface area contributed by atoms with Crippen LogP contribution in [0.15, 0.2) is 18.2 Å². The SMILES string of the molecule is Clc1ccc(P2CCCC2)c(Cl)c1. The normalized spacial score (nSPS) is 18.0. The van der Waals surface area contributed by atoms with E-state index in [-0.39, 0.29) is 7.92 Å². The van der Waals surface area contributed by atoms with Crippen molar-refractivity contribution in [2.45, 2.75) is 12.8 Å². The van der Waals surface area contributed by atoms with Crippen LogP contribution in [0.2, 0.25) is 10.0 Å². The first-order valence-electron chi connectivity index (χ1n) is 4.47. The highest BCUT2D eigenvalue weighted by atomic mass is 35.5. The molecular formula is C10H11Cl2P. The largest absolute Gasteiger partial charge is 0.0843 e. The Hall–Kier alpha value is 0.230. The maximum atomic E-state index is 6.14. The zero-order chi connectivity index (χ0) is 9.26. The summed E-state index contributed by atoms with van der Waals surface area (Å²) in [6, 6.07) is 5.91. The van der Waals surface area contributed by atoms with Gasteiger partial charge in [-0.05, 0) is 42.6 Å². The van der Waals surface area contributed by atoms with E-state index in [1.54, 1.807) is 0 Å². The van der Waals surface area contributed by atoms with Gasteiger partial charge >= 0.3 is 0 Å². The van der Waals surface area contributed by atoms with E-state index in [1.165, 1.54) is 30.5 Å². The fourth-order valence-corrected chi connectivity index (χ4v) is 5.03. The molecule has 0 unspecified atom stereocenters. The first-order chi connectivity index (χ1) is 6.27. The van der Waals surface area contributed by atoms with E-state index < -0.39 is 0 Å². The van der Waals surface area contributed by atoms with Gasteiger partial charge in [0.15, 0.2) is 0 Å². The molecule has 0 bridgehead atoms. The van der Waals surface area contributed by atoms with Gasteiger partial charge in [0, 0.05) is 10.0 Å². The van der Waals surface area contributed by atoms with Gasteiger partial charge in [-0.15, -0.1) is 0 Å². The summed E-state index contributed by atoms with van der Waals surface area (Å²) in [5.74, 6) is 0. The van der Waals surface area contributed by atoms with Crippen LogP contribution < -0.4 is 5.30 Å². The molecule has 0 nitrogen and oxygen atoms in total. The van der Waals surface area contributed by atoms with Gasteiger partial charge in [-0.3, -0.25) is 0 Å². The zero-order valence-corrected chi connectivity index (χ0v) is 9.67. The molecule has 1 aliphatic rings. The fraction of sp³-hybridized carbons (Fsp3) is 0.400. The Bertz CT molecular complexity index is 306. The molecule has 3 heteroatoms. The van der Waals surface area contributed by atoms with Crippen LogP contribution in [0.4, 0.5) is 0 Å². The van der Waals surface area contributed by atoms with Gasteiger partial charge in [-0.1, -0.05) is 37.2 Å². The van der Waals surface area contributed by atoms with Crippen LogP contribution in [0.1, 0.15) is 12.8 Å². The summed E-state index contributed by atoms with van der Waals surface area (Å²) in [7, 11) is 0.0360. The monoisotopic (exact) mass is 232 g/mol. The molecule has 13 heavy (non-hydrogen) atoms. The van der Waals surface area contributed by atoms with Crippen molar-refractivity contribution < 1.29 is 0 Å². The number of hydrogen-bond donors (Lipinski definition) is 0. The second kappa shape index (κ2) is 4.17. The van der Waals surface area contributed by atoms with Crippen LogP contribution in [-0.2, 0) is 0 Å². The van der Waals surface area contributed by atoms with Gasteiger partial charge in [0.05, 0.1) is 0 Å². The molecule has 1 heterocycles. The predicted molar refractivity (Wildman–Crippen MR) is 62.0 cm³/mol. The molecule has 0 atom stereocenters. The number of halogens is 2. The van der Waals surface area contributed by atoms with Crippen molar-refractivity contribution in [1.29, 1.82) is 0 Å². The highest BCUT2D eigenvalue weighted by Crippen LogP contribution is 2.44. The lowest BCUT2D eigenvalue weighted by Gasteiger charge is -2.11. The highest BCUT2D eigenvalue weighted by molar-refractivity contribution is 7.66. The van der Waals surface area contributed by atoms with Crippen LogP contribution in [-0.4, -0.2) is 12.3 Å². The average molecular weight is 233 g/mol. The average Bonchev–Trinajstić information content (AvgIpc) is 2.56. The Morgan fingerprint density at radius 1 is 1.08 bits per heavy atom. The highest BCUT2D eigenvalue weighted by Gasteiger charge is 2.18. The number of benzene rings is 1. The third kappa shape index (κ3) is 2.18. The van der Waals surface area contributed by atoms with E-state index in [1.807, 2.05) is 12.1 Å². The number of hydrogen-bond acceptors (Lipinski definition) is 0. The lowest BCUT2D eigenvalue weighted by molar-refractivity contribution is 0.949. The second-order valence-corrected chi connectivity index (χ2v) is 6.59. The van der Waals surface area contributed by atoms with E-state index in [9.17, 15) is 0 Å². The lowest BCUT2D eigenvalue weighted by atomic mass is 10.4. The first kappa shape index (κ1) is 9.77. The summed E-state index contributed by atoms with van der Waals surface area (Å²) < 4.78 is 0. The Kier molecular flexibility index (Phi) is 3.14. The topological polar surface area (TPSA) is 0 Å². The standard InChI is InChI=1S/C10H11Cl2P/c11-8-3-4-10(9(12)7-8)13-5-1-2-6-13/h3-4,7H,1-2,5-6H2. The van der Waals surface area contributed by atoms with Crippen LogP contribution in [0.3, 0.4) is 0 Å². The van der Waals surface area contributed by atoms with Gasteiger partial charge in [0.1, 0.15) is 0 Å². The minimum atomic E-state index is 0.0360. The Labute approximate surface area is 90.0 Å². The Balaban J connectivity index is 2.29. The molecule has 1 aromatic rings. The van der Waals surface area contributed by atoms with E-state index in [4.69, 9.17) is 23.2 Å². The predicted octanol–water partition coefficient (Wildman–Crippen LogP) is 3.89. The number of rotatable bonds is 1. The summed E-state index contributed by atoms with van der Waals surface area (Å²) in [6.07, 6.45) is 5.42. The Morgan fingerprint density at radius 3 is 2.38 bits per heavy atom. The lowest BCUT2D eigenvalue weighted by Crippen LogP contribution is -2.03. The summed E-state index contributed by atoms with van der Waals surface area (Å²) in [5.41, 5.74) is 0. The van der Waals surface area contributed by atoms with Gasteiger partial charge in [-0.25, -0.2) is 0 Å². The molecule has 0 aromatic heterocycles. The summed E-state index contributed by atoms with van der Waals surface area (Å²) >= 11 is 12.0. The quantitative estimate of drug-likeness (QED) is 0.645. The van der Waals surface area contributed by atoms with E-state index in [0.717, 1.165) is 10.0 Å². The summed E-state index contributed by atoms with van der Waals surface area (Å²) in [6.45, 7) is 0. The fourth-order valence-electron chi connectivity index (χ4n) is 1.70. The van der Waals surface area contributed by atoms with Crippen molar-refractivity contribution in [2.24, 2.45) is 0 Å². The van der Waals surface area contributed by atoms with Crippen LogP contribution in [0, 0.1) is 0 Å². The molecule has 0 spiro atoms. The Morgan fingerprint density at radius 2 is 1.77 bits per heavy atom. The van der Waals surface area contributed by atoms with Gasteiger partial charge in [0.25, 0.3) is 0 Å². The van der Waals surface area contributed by atoms with Crippen LogP contribution in [0.5, 0.6) is 0 Å². The third-order valence-corrected chi connectivity index (χ3v) is 5.82. The molecule has 0 amide bonds. The van der Waals surface area contributed by atoms with Crippen molar-refractivity contribution in [3.8, 4) is 0 Å². The molecule has 1 aromatic carbocycles. The van der Waals surface area contributed by atoms with Crippen molar-refractivity contribution in [2.75, 3.05) is 12.3 Å². The van der Waals surface area contributed by atoms with Crippen LogP contribution in [0.25, 0.3) is 0 Å². The molecule has 70 valence electrons. The maximum absolute atomic E-state index is 6.14. The van der Waals surface area contributed by atoms with Gasteiger partial charge in [0.2, 0.25) is 0 Å². The molecule has 2 rings (SSSR count). The molecule has 0 aliphatic carbocycles. The van der Waals surface area contributed by atoms with E-state index in [2.05, 4.69) is 6.07 Å². The maximum Gasteiger partial charge on any atom is 0.0497 e. The summed E-state index contributed by atoms with van der Waals surface area (Å²) in [5, 5.41) is 2.95. The smallest absolute Gasteiger partial charge is 0.0497 e. The van der Waals surface area contributed by atoms with Crippen molar-refractivity contribution in [3.63, 3.8) is 0 Å². The molecule has 0 N–H and O–H groups in total. The van der Waals surface area contributed by atoms with E-state index >= 15 is 0 Å².